The Morgan fingerprint density at radius 3 is 2.55 bits per heavy atom. The van der Waals surface area contributed by atoms with Gasteiger partial charge in [-0.1, -0.05) is 5.16 Å². The van der Waals surface area contributed by atoms with Gasteiger partial charge in [0.15, 0.2) is 11.3 Å². The van der Waals surface area contributed by atoms with Crippen LogP contribution in [0.25, 0.3) is 5.65 Å². The minimum absolute atomic E-state index is 0.0488. The van der Waals surface area contributed by atoms with Crippen LogP contribution in [0.15, 0.2) is 23.1 Å². The number of carboxylic acid groups (broad SMARTS) is 1. The van der Waals surface area contributed by atoms with Gasteiger partial charge in [-0.2, -0.15) is 5.10 Å². The predicted octanol–water partition coefficient (Wildman–Crippen LogP) is 4.17. The van der Waals surface area contributed by atoms with E-state index in [0.717, 1.165) is 4.90 Å². The maximum atomic E-state index is 14.2. The van der Waals surface area contributed by atoms with Crippen molar-refractivity contribution in [1.82, 2.24) is 35.1 Å². The third-order valence-corrected chi connectivity index (χ3v) is 7.28. The van der Waals surface area contributed by atoms with Crippen molar-refractivity contribution in [3.05, 3.63) is 41.1 Å². The molecule has 0 spiro atoms. The molecular formula is C23H25F4N7O4. The molecule has 11 nitrogen and oxygen atoms in total. The maximum absolute atomic E-state index is 14.2. The highest BCUT2D eigenvalue weighted by Gasteiger charge is 2.43. The highest BCUT2D eigenvalue weighted by atomic mass is 19.3. The molecule has 3 aromatic heterocycles. The SMILES string of the molecule is Cc1nonc1C(=O)NC(c1cn2ncc(C3CC(F)(F)CCN3C(=O)O)cc2n1)C1CCC(F)(F)CC1. The van der Waals surface area contributed by atoms with E-state index in [0.29, 0.717) is 5.69 Å². The lowest BCUT2D eigenvalue weighted by Gasteiger charge is -2.37. The van der Waals surface area contributed by atoms with Crippen molar-refractivity contribution in [2.24, 2.45) is 5.92 Å². The molecule has 2 amide bonds. The summed E-state index contributed by atoms with van der Waals surface area (Å²) in [5, 5.41) is 23.8. The second kappa shape index (κ2) is 9.51. The van der Waals surface area contributed by atoms with Gasteiger partial charge in [0, 0.05) is 32.2 Å². The van der Waals surface area contributed by atoms with Crippen molar-refractivity contribution in [3.8, 4) is 0 Å². The molecule has 204 valence electrons. The van der Waals surface area contributed by atoms with E-state index in [2.05, 4.69) is 30.3 Å². The Morgan fingerprint density at radius 1 is 1.16 bits per heavy atom. The first-order valence-corrected chi connectivity index (χ1v) is 12.1. The zero-order valence-electron chi connectivity index (χ0n) is 20.3. The minimum Gasteiger partial charge on any atom is -0.465 e. The number of aromatic nitrogens is 5. The number of likely N-dealkylation sites (tertiary alicyclic amines) is 1. The van der Waals surface area contributed by atoms with Gasteiger partial charge in [-0.05, 0) is 42.5 Å². The number of nitrogens with zero attached hydrogens (tertiary/aromatic N) is 6. The smallest absolute Gasteiger partial charge is 0.407 e. The predicted molar refractivity (Wildman–Crippen MR) is 121 cm³/mol. The number of hydrogen-bond acceptors (Lipinski definition) is 7. The highest BCUT2D eigenvalue weighted by molar-refractivity contribution is 5.93. The van der Waals surface area contributed by atoms with E-state index in [4.69, 9.17) is 0 Å². The van der Waals surface area contributed by atoms with Gasteiger partial charge in [0.2, 0.25) is 5.92 Å². The van der Waals surface area contributed by atoms with Crippen LogP contribution >= 0.6 is 0 Å². The molecule has 38 heavy (non-hydrogen) atoms. The molecule has 0 bridgehead atoms. The monoisotopic (exact) mass is 539 g/mol. The number of piperidine rings is 1. The van der Waals surface area contributed by atoms with Crippen molar-refractivity contribution < 1.29 is 36.9 Å². The summed E-state index contributed by atoms with van der Waals surface area (Å²) in [6.45, 7) is 1.21. The maximum Gasteiger partial charge on any atom is 0.407 e. The number of halogens is 4. The van der Waals surface area contributed by atoms with E-state index >= 15 is 0 Å². The number of carbonyl (C=O) groups excluding carboxylic acids is 1. The fourth-order valence-corrected chi connectivity index (χ4v) is 5.18. The van der Waals surface area contributed by atoms with Gasteiger partial charge in [0.1, 0.15) is 5.69 Å². The Labute approximate surface area is 213 Å². The van der Waals surface area contributed by atoms with Crippen LogP contribution in [0, 0.1) is 12.8 Å². The second-order valence-corrected chi connectivity index (χ2v) is 9.90. The number of rotatable bonds is 5. The summed E-state index contributed by atoms with van der Waals surface area (Å²) in [5.41, 5.74) is 1.02. The third kappa shape index (κ3) is 5.13. The fraction of sp³-hybridized carbons (Fsp3) is 0.565. The summed E-state index contributed by atoms with van der Waals surface area (Å²) in [6.07, 6.45) is -0.169. The molecule has 1 aliphatic heterocycles. The van der Waals surface area contributed by atoms with Crippen LogP contribution in [0.5, 0.6) is 0 Å². The molecule has 2 atom stereocenters. The molecular weight excluding hydrogens is 514 g/mol. The molecule has 1 saturated heterocycles. The zero-order valence-corrected chi connectivity index (χ0v) is 20.3. The molecule has 1 aliphatic carbocycles. The standard InChI is InChI=1S/C23H25F4N7O4/c1-12-18(32-38-31-12)20(35)30-19(13-2-4-22(24,25)5-3-13)15-11-34-17(29-15)8-14(10-28-34)16-9-23(26,27)6-7-33(16)21(36)37/h8,10-11,13,16,19H,2-7,9H2,1H3,(H,30,35)(H,36,37). The Morgan fingerprint density at radius 2 is 1.89 bits per heavy atom. The van der Waals surface area contributed by atoms with Gasteiger partial charge in [0.25, 0.3) is 11.8 Å². The summed E-state index contributed by atoms with van der Waals surface area (Å²) in [5.74, 6) is -6.80. The van der Waals surface area contributed by atoms with Crippen molar-refractivity contribution >= 4 is 17.6 Å². The van der Waals surface area contributed by atoms with Gasteiger partial charge in [-0.3, -0.25) is 4.79 Å². The normalized spacial score (nSPS) is 22.3. The topological polar surface area (TPSA) is 139 Å². The molecule has 2 fully saturated rings. The van der Waals surface area contributed by atoms with E-state index in [9.17, 15) is 32.3 Å². The van der Waals surface area contributed by atoms with Gasteiger partial charge in [0.05, 0.1) is 30.2 Å². The minimum atomic E-state index is -3.03. The van der Waals surface area contributed by atoms with Gasteiger partial charge < -0.3 is 15.3 Å². The van der Waals surface area contributed by atoms with E-state index in [1.807, 2.05) is 0 Å². The summed E-state index contributed by atoms with van der Waals surface area (Å²) < 4.78 is 62.0. The molecule has 0 aromatic carbocycles. The Bertz CT molecular complexity index is 1350. The van der Waals surface area contributed by atoms with Crippen LogP contribution in [-0.2, 0) is 0 Å². The van der Waals surface area contributed by atoms with Crippen LogP contribution < -0.4 is 5.32 Å². The van der Waals surface area contributed by atoms with Crippen LogP contribution in [0.1, 0.15) is 78.0 Å². The van der Waals surface area contributed by atoms with Crippen molar-refractivity contribution in [2.75, 3.05) is 6.54 Å². The highest BCUT2D eigenvalue weighted by Crippen LogP contribution is 2.42. The van der Waals surface area contributed by atoms with Crippen LogP contribution in [0.4, 0.5) is 22.4 Å². The van der Waals surface area contributed by atoms with E-state index < -0.39 is 48.8 Å². The lowest BCUT2D eigenvalue weighted by Crippen LogP contribution is -2.44. The number of hydrogen-bond donors (Lipinski definition) is 2. The first-order valence-electron chi connectivity index (χ1n) is 12.1. The zero-order chi connectivity index (χ0) is 27.2. The number of fused-ring (bicyclic) bond motifs is 1. The summed E-state index contributed by atoms with van der Waals surface area (Å²) in [4.78, 5) is 30.1. The number of alkyl halides is 4. The van der Waals surface area contributed by atoms with E-state index in [1.165, 1.54) is 29.9 Å². The Kier molecular flexibility index (Phi) is 6.47. The van der Waals surface area contributed by atoms with E-state index in [-0.39, 0.29) is 60.7 Å². The Balaban J connectivity index is 1.47. The average Bonchev–Trinajstić information content (AvgIpc) is 3.47. The Hall–Kier alpha value is -3.78. The van der Waals surface area contributed by atoms with Gasteiger partial charge >= 0.3 is 6.09 Å². The second-order valence-electron chi connectivity index (χ2n) is 9.90. The number of carbonyl (C=O) groups is 2. The van der Waals surface area contributed by atoms with Crippen molar-refractivity contribution in [2.45, 2.75) is 69.4 Å². The summed E-state index contributed by atoms with van der Waals surface area (Å²) in [6, 6.07) is -0.431. The molecule has 15 heteroatoms. The molecule has 2 aliphatic rings. The van der Waals surface area contributed by atoms with Crippen molar-refractivity contribution in [1.29, 1.82) is 0 Å². The lowest BCUT2D eigenvalue weighted by molar-refractivity contribution is -0.0723. The van der Waals surface area contributed by atoms with Crippen molar-refractivity contribution in [3.63, 3.8) is 0 Å². The summed E-state index contributed by atoms with van der Waals surface area (Å²) in [7, 11) is 0. The number of nitrogens with one attached hydrogen (secondary N) is 1. The molecule has 4 heterocycles. The third-order valence-electron chi connectivity index (χ3n) is 7.28. The first-order chi connectivity index (χ1) is 17.9. The molecule has 3 aromatic rings. The number of aryl methyl sites for hydroxylation is 1. The number of imidazole rings is 1. The largest absolute Gasteiger partial charge is 0.465 e. The first kappa shape index (κ1) is 25.9. The number of amides is 2. The summed E-state index contributed by atoms with van der Waals surface area (Å²) >= 11 is 0. The van der Waals surface area contributed by atoms with Crippen LogP contribution in [0.2, 0.25) is 0 Å². The van der Waals surface area contributed by atoms with Crippen LogP contribution in [-0.4, -0.2) is 65.3 Å². The van der Waals surface area contributed by atoms with Gasteiger partial charge in [-0.25, -0.2) is 36.5 Å². The van der Waals surface area contributed by atoms with Crippen LogP contribution in [0.3, 0.4) is 0 Å². The quantitative estimate of drug-likeness (QED) is 0.461. The molecule has 0 radical (unpaired) electrons. The molecule has 2 N–H and O–H groups in total. The average molecular weight is 539 g/mol. The lowest BCUT2D eigenvalue weighted by atomic mass is 9.81. The fourth-order valence-electron chi connectivity index (χ4n) is 5.18. The molecule has 5 rings (SSSR count). The molecule has 2 unspecified atom stereocenters. The molecule has 1 saturated carbocycles. The van der Waals surface area contributed by atoms with Gasteiger partial charge in [-0.15, -0.1) is 0 Å². The van der Waals surface area contributed by atoms with E-state index in [1.54, 1.807) is 0 Å².